The van der Waals surface area contributed by atoms with E-state index in [9.17, 15) is 9.90 Å². The smallest absolute Gasteiger partial charge is 0.237 e. The van der Waals surface area contributed by atoms with Gasteiger partial charge in [0.25, 0.3) is 0 Å². The van der Waals surface area contributed by atoms with E-state index in [0.29, 0.717) is 0 Å². The third-order valence-electron chi connectivity index (χ3n) is 3.18. The highest BCUT2D eigenvalue weighted by Gasteiger charge is 2.30. The molecule has 0 aromatic heterocycles. The topological polar surface area (TPSA) is 61.4 Å². The average Bonchev–Trinajstić information content (AvgIpc) is 2.56. The fraction of sp³-hybridized carbons (Fsp3) is 0.900. The fourth-order valence-electron chi connectivity index (χ4n) is 2.32. The minimum absolute atomic E-state index is 0.0819. The first kappa shape index (κ1) is 9.93. The van der Waals surface area contributed by atoms with Crippen molar-refractivity contribution in [3.8, 4) is 0 Å². The van der Waals surface area contributed by atoms with E-state index in [0.717, 1.165) is 38.6 Å². The largest absolute Gasteiger partial charge is 0.392 e. The van der Waals surface area contributed by atoms with Crippen LogP contribution >= 0.6 is 0 Å². The standard InChI is InChI=1S/C10H18N2O2/c13-9-5-1-3-7(9)12-8-4-2-6-11-10(8)14/h7-9,12-13H,1-6H2,(H,11,14). The number of nitrogens with one attached hydrogen (secondary N) is 2. The normalized spacial score (nSPS) is 38.4. The van der Waals surface area contributed by atoms with Gasteiger partial charge in [-0.3, -0.25) is 4.79 Å². The summed E-state index contributed by atoms with van der Waals surface area (Å²) in [6, 6.07) is 0.0466. The lowest BCUT2D eigenvalue weighted by molar-refractivity contribution is -0.124. The van der Waals surface area contributed by atoms with Crippen LogP contribution in [0.2, 0.25) is 0 Å². The zero-order valence-corrected chi connectivity index (χ0v) is 8.33. The summed E-state index contributed by atoms with van der Waals surface area (Å²) in [6.45, 7) is 0.796. The molecule has 0 bridgehead atoms. The van der Waals surface area contributed by atoms with Gasteiger partial charge in [0.15, 0.2) is 0 Å². The number of hydrogen-bond donors (Lipinski definition) is 3. The molecule has 0 radical (unpaired) electrons. The van der Waals surface area contributed by atoms with Gasteiger partial charge in [0, 0.05) is 12.6 Å². The molecule has 2 aliphatic rings. The fourth-order valence-corrected chi connectivity index (χ4v) is 2.32. The third-order valence-corrected chi connectivity index (χ3v) is 3.18. The van der Waals surface area contributed by atoms with Gasteiger partial charge in [-0.2, -0.15) is 0 Å². The molecule has 3 atom stereocenters. The SMILES string of the molecule is O=C1NCCCC1NC1CCCC1O. The number of carbonyl (C=O) groups is 1. The van der Waals surface area contributed by atoms with Crippen molar-refractivity contribution in [2.24, 2.45) is 0 Å². The predicted molar refractivity (Wildman–Crippen MR) is 52.8 cm³/mol. The predicted octanol–water partition coefficient (Wildman–Crippen LogP) is -0.232. The zero-order valence-electron chi connectivity index (χ0n) is 8.33. The van der Waals surface area contributed by atoms with Crippen molar-refractivity contribution in [2.45, 2.75) is 50.3 Å². The van der Waals surface area contributed by atoms with Gasteiger partial charge in [0.2, 0.25) is 5.91 Å². The lowest BCUT2D eigenvalue weighted by atomic mass is 10.0. The molecule has 4 nitrogen and oxygen atoms in total. The molecule has 3 unspecified atom stereocenters. The van der Waals surface area contributed by atoms with E-state index in [4.69, 9.17) is 0 Å². The number of rotatable bonds is 2. The van der Waals surface area contributed by atoms with Crippen molar-refractivity contribution in [1.29, 1.82) is 0 Å². The highest BCUT2D eigenvalue weighted by Crippen LogP contribution is 2.20. The Bertz CT molecular complexity index is 220. The molecule has 4 heteroatoms. The second-order valence-electron chi connectivity index (χ2n) is 4.26. The van der Waals surface area contributed by atoms with Crippen molar-refractivity contribution < 1.29 is 9.90 Å². The van der Waals surface area contributed by atoms with E-state index in [-0.39, 0.29) is 24.1 Å². The second kappa shape index (κ2) is 4.28. The molecule has 2 rings (SSSR count). The Balaban J connectivity index is 1.86. The van der Waals surface area contributed by atoms with Crippen LogP contribution < -0.4 is 10.6 Å². The molecular formula is C10H18N2O2. The lowest BCUT2D eigenvalue weighted by Crippen LogP contribution is -2.53. The summed E-state index contributed by atoms with van der Waals surface area (Å²) in [5, 5.41) is 15.7. The first-order valence-electron chi connectivity index (χ1n) is 5.49. The van der Waals surface area contributed by atoms with Crippen molar-refractivity contribution >= 4 is 5.91 Å². The van der Waals surface area contributed by atoms with E-state index in [1.807, 2.05) is 0 Å². The summed E-state index contributed by atoms with van der Waals surface area (Å²) in [7, 11) is 0. The van der Waals surface area contributed by atoms with Crippen LogP contribution in [0.25, 0.3) is 0 Å². The number of aliphatic hydroxyl groups is 1. The van der Waals surface area contributed by atoms with E-state index in [2.05, 4.69) is 10.6 Å². The van der Waals surface area contributed by atoms with Gasteiger partial charge in [-0.05, 0) is 32.1 Å². The molecule has 2 fully saturated rings. The van der Waals surface area contributed by atoms with Crippen LogP contribution in [0.1, 0.15) is 32.1 Å². The molecular weight excluding hydrogens is 180 g/mol. The van der Waals surface area contributed by atoms with Crippen LogP contribution in [0.3, 0.4) is 0 Å². The Labute approximate surface area is 84.1 Å². The van der Waals surface area contributed by atoms with Crippen molar-refractivity contribution in [2.75, 3.05) is 6.54 Å². The Morgan fingerprint density at radius 2 is 2.14 bits per heavy atom. The number of carbonyl (C=O) groups excluding carboxylic acids is 1. The van der Waals surface area contributed by atoms with E-state index >= 15 is 0 Å². The van der Waals surface area contributed by atoms with Crippen LogP contribution in [0.15, 0.2) is 0 Å². The van der Waals surface area contributed by atoms with Gasteiger partial charge in [-0.1, -0.05) is 0 Å². The molecule has 0 aromatic carbocycles. The van der Waals surface area contributed by atoms with Crippen LogP contribution in [0.4, 0.5) is 0 Å². The molecule has 1 amide bonds. The van der Waals surface area contributed by atoms with Crippen LogP contribution in [0.5, 0.6) is 0 Å². The summed E-state index contributed by atoms with van der Waals surface area (Å²) >= 11 is 0. The van der Waals surface area contributed by atoms with Crippen molar-refractivity contribution in [3.05, 3.63) is 0 Å². The molecule has 1 saturated carbocycles. The molecule has 1 aliphatic heterocycles. The van der Waals surface area contributed by atoms with E-state index in [1.54, 1.807) is 0 Å². The molecule has 1 saturated heterocycles. The first-order valence-corrected chi connectivity index (χ1v) is 5.49. The number of aliphatic hydroxyl groups excluding tert-OH is 1. The van der Waals surface area contributed by atoms with Gasteiger partial charge in [0.05, 0.1) is 12.1 Å². The lowest BCUT2D eigenvalue weighted by Gasteiger charge is -2.27. The minimum atomic E-state index is -0.260. The minimum Gasteiger partial charge on any atom is -0.392 e. The van der Waals surface area contributed by atoms with Crippen molar-refractivity contribution in [3.63, 3.8) is 0 Å². The Hall–Kier alpha value is -0.610. The highest BCUT2D eigenvalue weighted by atomic mass is 16.3. The number of amides is 1. The zero-order chi connectivity index (χ0) is 9.97. The maximum Gasteiger partial charge on any atom is 0.237 e. The summed E-state index contributed by atoms with van der Waals surface area (Å²) in [5.41, 5.74) is 0. The maximum atomic E-state index is 11.4. The number of hydrogen-bond acceptors (Lipinski definition) is 3. The quantitative estimate of drug-likeness (QED) is 0.574. The molecule has 3 N–H and O–H groups in total. The maximum absolute atomic E-state index is 11.4. The molecule has 0 spiro atoms. The molecule has 1 heterocycles. The van der Waals surface area contributed by atoms with Gasteiger partial charge in [-0.25, -0.2) is 0 Å². The Morgan fingerprint density at radius 3 is 2.79 bits per heavy atom. The monoisotopic (exact) mass is 198 g/mol. The first-order chi connectivity index (χ1) is 6.77. The summed E-state index contributed by atoms with van der Waals surface area (Å²) in [5.74, 6) is 0.0929. The van der Waals surface area contributed by atoms with Crippen molar-refractivity contribution in [1.82, 2.24) is 10.6 Å². The van der Waals surface area contributed by atoms with Crippen LogP contribution in [0, 0.1) is 0 Å². The Morgan fingerprint density at radius 1 is 1.29 bits per heavy atom. The van der Waals surface area contributed by atoms with Gasteiger partial charge in [0.1, 0.15) is 0 Å². The summed E-state index contributed by atoms with van der Waals surface area (Å²) in [4.78, 5) is 11.4. The molecule has 14 heavy (non-hydrogen) atoms. The molecule has 1 aliphatic carbocycles. The Kier molecular flexibility index (Phi) is 3.03. The van der Waals surface area contributed by atoms with Gasteiger partial charge >= 0.3 is 0 Å². The summed E-state index contributed by atoms with van der Waals surface area (Å²) < 4.78 is 0. The number of piperidine rings is 1. The second-order valence-corrected chi connectivity index (χ2v) is 4.26. The van der Waals surface area contributed by atoms with Gasteiger partial charge in [-0.15, -0.1) is 0 Å². The molecule has 80 valence electrons. The van der Waals surface area contributed by atoms with Crippen LogP contribution in [-0.4, -0.2) is 35.7 Å². The van der Waals surface area contributed by atoms with Gasteiger partial charge < -0.3 is 15.7 Å². The summed E-state index contributed by atoms with van der Waals surface area (Å²) in [6.07, 6.45) is 4.59. The average molecular weight is 198 g/mol. The van der Waals surface area contributed by atoms with Crippen LogP contribution in [-0.2, 0) is 4.79 Å². The highest BCUT2D eigenvalue weighted by molar-refractivity contribution is 5.82. The third kappa shape index (κ3) is 2.07. The van der Waals surface area contributed by atoms with E-state index < -0.39 is 0 Å². The van der Waals surface area contributed by atoms with E-state index in [1.165, 1.54) is 0 Å². The molecule has 0 aromatic rings.